The minimum atomic E-state index is -4.60. The van der Waals surface area contributed by atoms with Gasteiger partial charge < -0.3 is 10.1 Å². The lowest BCUT2D eigenvalue weighted by Gasteiger charge is -2.21. The van der Waals surface area contributed by atoms with Gasteiger partial charge in [0.25, 0.3) is 0 Å². The van der Waals surface area contributed by atoms with E-state index in [9.17, 15) is 22.8 Å². The van der Waals surface area contributed by atoms with Crippen molar-refractivity contribution in [1.82, 2.24) is 4.98 Å². The Morgan fingerprint density at radius 2 is 2.12 bits per heavy atom. The van der Waals surface area contributed by atoms with E-state index in [4.69, 9.17) is 4.74 Å². The molecule has 3 rings (SSSR count). The number of aromatic nitrogens is 1. The van der Waals surface area contributed by atoms with Crippen molar-refractivity contribution in [2.75, 3.05) is 5.32 Å². The van der Waals surface area contributed by atoms with Crippen LogP contribution in [0, 0.1) is 6.92 Å². The number of nitrogens with one attached hydrogen (secondary N) is 1. The van der Waals surface area contributed by atoms with Crippen LogP contribution in [-0.4, -0.2) is 22.1 Å². The summed E-state index contributed by atoms with van der Waals surface area (Å²) >= 11 is 2.20. The van der Waals surface area contributed by atoms with Gasteiger partial charge in [-0.3, -0.25) is 4.79 Å². The first-order chi connectivity index (χ1) is 12.1. The number of thiazole rings is 1. The number of esters is 1. The van der Waals surface area contributed by atoms with Crippen LogP contribution in [0.25, 0.3) is 0 Å². The highest BCUT2D eigenvalue weighted by molar-refractivity contribution is 8.00. The molecule has 0 bridgehead atoms. The quantitative estimate of drug-likeness (QED) is 0.777. The number of halogens is 3. The number of thioether (sulfide) groups is 1. The Hall–Kier alpha value is -2.07. The summed E-state index contributed by atoms with van der Waals surface area (Å²) < 4.78 is 43.8. The number of nitrogens with zero attached hydrogens (tertiary/aromatic N) is 1. The number of hydrogen-bond acceptors (Lipinski definition) is 6. The SMILES string of the molecule is Cc1nc(C(F)(F)F)c(COC(=O)c2ccc3c(c2)NC(=O)C(C)S3)s1. The Labute approximate surface area is 155 Å². The summed E-state index contributed by atoms with van der Waals surface area (Å²) in [4.78, 5) is 28.0. The van der Waals surface area contributed by atoms with Crippen LogP contribution in [0.3, 0.4) is 0 Å². The number of carbonyl (C=O) groups is 2. The second-order valence-electron chi connectivity index (χ2n) is 5.54. The van der Waals surface area contributed by atoms with Gasteiger partial charge in [0, 0.05) is 4.90 Å². The Balaban J connectivity index is 1.74. The highest BCUT2D eigenvalue weighted by Gasteiger charge is 2.37. The summed E-state index contributed by atoms with van der Waals surface area (Å²) in [6.45, 7) is 2.70. The normalized spacial score (nSPS) is 16.8. The number of aryl methyl sites for hydroxylation is 1. The number of fused-ring (bicyclic) bond motifs is 1. The molecule has 5 nitrogen and oxygen atoms in total. The van der Waals surface area contributed by atoms with Crippen molar-refractivity contribution in [2.45, 2.75) is 36.8 Å². The molecule has 1 aromatic heterocycles. The van der Waals surface area contributed by atoms with Crippen LogP contribution >= 0.6 is 23.1 Å². The maximum Gasteiger partial charge on any atom is 0.434 e. The topological polar surface area (TPSA) is 68.3 Å². The highest BCUT2D eigenvalue weighted by Crippen LogP contribution is 2.37. The van der Waals surface area contributed by atoms with E-state index >= 15 is 0 Å². The Kier molecular flexibility index (Phi) is 4.98. The summed E-state index contributed by atoms with van der Waals surface area (Å²) in [7, 11) is 0. The van der Waals surface area contributed by atoms with Gasteiger partial charge in [-0.25, -0.2) is 9.78 Å². The number of carbonyl (C=O) groups excluding carboxylic acids is 2. The first kappa shape index (κ1) is 18.7. The van der Waals surface area contributed by atoms with Crippen LogP contribution < -0.4 is 5.32 Å². The second kappa shape index (κ2) is 6.92. The van der Waals surface area contributed by atoms with Crippen molar-refractivity contribution in [2.24, 2.45) is 0 Å². The summed E-state index contributed by atoms with van der Waals surface area (Å²) in [5.41, 5.74) is -0.401. The fourth-order valence-corrected chi connectivity index (χ4v) is 4.14. The molecular formula is C16H13F3N2O3S2. The Morgan fingerprint density at radius 1 is 1.38 bits per heavy atom. The molecule has 1 atom stereocenters. The molecule has 10 heteroatoms. The minimum Gasteiger partial charge on any atom is -0.456 e. The molecule has 138 valence electrons. The zero-order valence-corrected chi connectivity index (χ0v) is 15.3. The minimum absolute atomic E-state index is 0.147. The lowest BCUT2D eigenvalue weighted by atomic mass is 10.2. The second-order valence-corrected chi connectivity index (χ2v) is 8.21. The molecule has 0 saturated carbocycles. The molecule has 0 fully saturated rings. The molecule has 0 spiro atoms. The number of ether oxygens (including phenoxy) is 1. The average Bonchev–Trinajstić information content (AvgIpc) is 2.94. The van der Waals surface area contributed by atoms with Crippen molar-refractivity contribution < 1.29 is 27.5 Å². The van der Waals surface area contributed by atoms with E-state index in [-0.39, 0.29) is 26.6 Å². The molecule has 1 N–H and O–H groups in total. The van der Waals surface area contributed by atoms with Crippen LogP contribution in [-0.2, 0) is 22.3 Å². The largest absolute Gasteiger partial charge is 0.456 e. The zero-order chi connectivity index (χ0) is 19.1. The third-order valence-corrected chi connectivity index (χ3v) is 5.68. The van der Waals surface area contributed by atoms with Crippen molar-refractivity contribution in [1.29, 1.82) is 0 Å². The first-order valence-corrected chi connectivity index (χ1v) is 9.17. The molecule has 1 aliphatic rings. The van der Waals surface area contributed by atoms with E-state index in [0.29, 0.717) is 5.69 Å². The van der Waals surface area contributed by atoms with Crippen LogP contribution in [0.2, 0.25) is 0 Å². The van der Waals surface area contributed by atoms with E-state index < -0.39 is 24.4 Å². The third-order valence-electron chi connectivity index (χ3n) is 3.55. The number of benzene rings is 1. The summed E-state index contributed by atoms with van der Waals surface area (Å²) in [5, 5.41) is 2.69. The van der Waals surface area contributed by atoms with Crippen molar-refractivity contribution in [3.8, 4) is 0 Å². The van der Waals surface area contributed by atoms with Gasteiger partial charge in [0.15, 0.2) is 5.69 Å². The molecule has 1 unspecified atom stereocenters. The fraction of sp³-hybridized carbons (Fsp3) is 0.312. The smallest absolute Gasteiger partial charge is 0.434 e. The van der Waals surface area contributed by atoms with Crippen molar-refractivity contribution in [3.05, 3.63) is 39.3 Å². The van der Waals surface area contributed by atoms with Crippen molar-refractivity contribution >= 4 is 40.7 Å². The first-order valence-electron chi connectivity index (χ1n) is 7.47. The molecular weight excluding hydrogens is 389 g/mol. The van der Waals surface area contributed by atoms with Gasteiger partial charge in [-0.2, -0.15) is 13.2 Å². The molecule has 2 aromatic rings. The number of amides is 1. The van der Waals surface area contributed by atoms with E-state index in [1.54, 1.807) is 13.0 Å². The molecule has 1 aliphatic heterocycles. The molecule has 2 heterocycles. The highest BCUT2D eigenvalue weighted by atomic mass is 32.2. The fourth-order valence-electron chi connectivity index (χ4n) is 2.34. The predicted molar refractivity (Wildman–Crippen MR) is 91.4 cm³/mol. The molecule has 0 aliphatic carbocycles. The molecule has 0 radical (unpaired) electrons. The third kappa shape index (κ3) is 3.85. The Bertz CT molecular complexity index is 880. The zero-order valence-electron chi connectivity index (χ0n) is 13.6. The lowest BCUT2D eigenvalue weighted by molar-refractivity contribution is -0.141. The maximum atomic E-state index is 12.9. The van der Waals surface area contributed by atoms with Crippen LogP contribution in [0.5, 0.6) is 0 Å². The molecule has 1 amide bonds. The predicted octanol–water partition coefficient (Wildman–Crippen LogP) is 4.26. The van der Waals surface area contributed by atoms with Crippen LogP contribution in [0.15, 0.2) is 23.1 Å². The van der Waals surface area contributed by atoms with E-state index in [0.717, 1.165) is 16.2 Å². The van der Waals surface area contributed by atoms with Gasteiger partial charge in [-0.05, 0) is 32.0 Å². The molecule has 26 heavy (non-hydrogen) atoms. The van der Waals surface area contributed by atoms with Gasteiger partial charge in [0.2, 0.25) is 5.91 Å². The summed E-state index contributed by atoms with van der Waals surface area (Å²) in [6, 6.07) is 4.64. The average molecular weight is 402 g/mol. The summed E-state index contributed by atoms with van der Waals surface area (Å²) in [6.07, 6.45) is -4.60. The van der Waals surface area contributed by atoms with Gasteiger partial charge in [-0.1, -0.05) is 0 Å². The van der Waals surface area contributed by atoms with E-state index in [1.165, 1.54) is 30.8 Å². The lowest BCUT2D eigenvalue weighted by Crippen LogP contribution is -2.26. The van der Waals surface area contributed by atoms with Crippen LogP contribution in [0.4, 0.5) is 18.9 Å². The van der Waals surface area contributed by atoms with Gasteiger partial charge in [0.05, 0.1) is 26.4 Å². The van der Waals surface area contributed by atoms with Gasteiger partial charge >= 0.3 is 12.1 Å². The number of rotatable bonds is 3. The van der Waals surface area contributed by atoms with Gasteiger partial charge in [0.1, 0.15) is 6.61 Å². The van der Waals surface area contributed by atoms with Crippen molar-refractivity contribution in [3.63, 3.8) is 0 Å². The monoisotopic (exact) mass is 402 g/mol. The summed E-state index contributed by atoms with van der Waals surface area (Å²) in [5.74, 6) is -0.951. The standard InChI is InChI=1S/C16H13F3N2O3S2/c1-7-14(22)21-10-5-9(3-4-11(10)25-7)15(23)24-6-12-13(16(17,18)19)20-8(2)26-12/h3-5,7H,6H2,1-2H3,(H,21,22). The molecule has 1 aromatic carbocycles. The maximum absolute atomic E-state index is 12.9. The molecule has 0 saturated heterocycles. The number of alkyl halides is 3. The van der Waals surface area contributed by atoms with E-state index in [1.807, 2.05) is 0 Å². The Morgan fingerprint density at radius 3 is 2.81 bits per heavy atom. The number of anilines is 1. The van der Waals surface area contributed by atoms with E-state index in [2.05, 4.69) is 10.3 Å². The van der Waals surface area contributed by atoms with Gasteiger partial charge in [-0.15, -0.1) is 23.1 Å². The van der Waals surface area contributed by atoms with Crippen LogP contribution in [0.1, 0.15) is 32.9 Å². The number of hydrogen-bond donors (Lipinski definition) is 1.